The maximum atomic E-state index is 12.1. The zero-order chi connectivity index (χ0) is 20.1. The molecule has 7 nitrogen and oxygen atoms in total. The van der Waals surface area contributed by atoms with Crippen molar-refractivity contribution in [3.8, 4) is 0 Å². The summed E-state index contributed by atoms with van der Waals surface area (Å²) in [6, 6.07) is 5.83. The second-order valence-electron chi connectivity index (χ2n) is 4.68. The molecule has 1 aromatic heterocycles. The van der Waals surface area contributed by atoms with E-state index in [1.807, 2.05) is 0 Å². The van der Waals surface area contributed by atoms with Crippen LogP contribution < -0.4 is 5.32 Å². The lowest BCUT2D eigenvalue weighted by molar-refractivity contribution is -0.384. The monoisotopic (exact) mass is 432 g/mol. The first-order valence-corrected chi connectivity index (χ1v) is 9.21. The van der Waals surface area contributed by atoms with Crippen LogP contribution in [0.1, 0.15) is 11.1 Å². The van der Waals surface area contributed by atoms with Crippen molar-refractivity contribution in [1.82, 2.24) is 5.32 Å². The minimum Gasteiger partial charge on any atom is -0.316 e. The van der Waals surface area contributed by atoms with E-state index in [1.165, 1.54) is 12.1 Å². The van der Waals surface area contributed by atoms with Gasteiger partial charge in [-0.05, 0) is 24.7 Å². The Hall–Kier alpha value is -1.73. The molecule has 0 amide bonds. The summed E-state index contributed by atoms with van der Waals surface area (Å²) >= 11 is 5.78. The Morgan fingerprint density at radius 1 is 1.31 bits per heavy atom. The van der Waals surface area contributed by atoms with Crippen LogP contribution >= 0.6 is 22.9 Å². The lowest BCUT2D eigenvalue weighted by atomic mass is 10.1. The van der Waals surface area contributed by atoms with Gasteiger partial charge in [-0.2, -0.15) is 21.6 Å². The van der Waals surface area contributed by atoms with Crippen molar-refractivity contribution in [3.63, 3.8) is 0 Å². The summed E-state index contributed by atoms with van der Waals surface area (Å²) in [4.78, 5) is 9.39. The van der Waals surface area contributed by atoms with Gasteiger partial charge in [0.05, 0.1) is 10.5 Å². The van der Waals surface area contributed by atoms with Gasteiger partial charge in [0.2, 0.25) is 0 Å². The molecule has 26 heavy (non-hydrogen) atoms. The molecule has 1 aromatic carbocycles. The van der Waals surface area contributed by atoms with Gasteiger partial charge in [-0.15, -0.1) is 11.3 Å². The van der Waals surface area contributed by atoms with Gasteiger partial charge >= 0.3 is 16.3 Å². The van der Waals surface area contributed by atoms with E-state index in [-0.39, 0.29) is 4.34 Å². The molecule has 0 aliphatic rings. The molecule has 13 heteroatoms. The van der Waals surface area contributed by atoms with E-state index in [4.69, 9.17) is 16.2 Å². The van der Waals surface area contributed by atoms with Gasteiger partial charge in [-0.25, -0.2) is 0 Å². The number of hydrogen-bond donors (Lipinski definition) is 2. The fraction of sp³-hybridized carbons (Fsp3) is 0.231. The number of halogens is 4. The van der Waals surface area contributed by atoms with Crippen LogP contribution in [0.25, 0.3) is 0 Å². The number of nitrogens with zero attached hydrogens (tertiary/aromatic N) is 1. The summed E-state index contributed by atoms with van der Waals surface area (Å²) in [5.41, 5.74) is -0.290. The summed E-state index contributed by atoms with van der Waals surface area (Å²) in [6.07, 6.45) is -4.24. The molecule has 1 heterocycles. The first-order valence-electron chi connectivity index (χ1n) is 6.58. The molecule has 144 valence electrons. The van der Waals surface area contributed by atoms with Crippen LogP contribution in [0.2, 0.25) is 4.34 Å². The van der Waals surface area contributed by atoms with E-state index in [0.717, 1.165) is 17.7 Å². The van der Waals surface area contributed by atoms with Crippen molar-refractivity contribution in [2.45, 2.75) is 16.9 Å². The van der Waals surface area contributed by atoms with Crippen molar-refractivity contribution < 1.29 is 31.1 Å². The third-order valence-electron chi connectivity index (χ3n) is 2.76. The summed E-state index contributed by atoms with van der Waals surface area (Å²) < 4.78 is 65.0. The summed E-state index contributed by atoms with van der Waals surface area (Å²) in [6.45, 7) is 0.581. The maximum Gasteiger partial charge on any atom is 0.416 e. The molecule has 0 bridgehead atoms. The number of nitro groups is 1. The quantitative estimate of drug-likeness (QED) is 0.429. The minimum absolute atomic E-state index is 0.280. The second-order valence-corrected chi connectivity index (χ2v) is 7.98. The van der Waals surface area contributed by atoms with E-state index in [1.54, 1.807) is 7.05 Å². The zero-order valence-corrected chi connectivity index (χ0v) is 15.3. The highest BCUT2D eigenvalue weighted by Gasteiger charge is 2.29. The number of alkyl halides is 3. The highest BCUT2D eigenvalue weighted by molar-refractivity contribution is 7.88. The van der Waals surface area contributed by atoms with Crippen LogP contribution in [0, 0.1) is 10.1 Å². The van der Waals surface area contributed by atoms with Crippen molar-refractivity contribution in [2.75, 3.05) is 7.05 Å². The van der Waals surface area contributed by atoms with Crippen molar-refractivity contribution in [3.05, 3.63) is 55.9 Å². The van der Waals surface area contributed by atoms with Crippen molar-refractivity contribution in [1.29, 1.82) is 0 Å². The Balaban J connectivity index is 0.000000260. The van der Waals surface area contributed by atoms with E-state index < -0.39 is 36.7 Å². The van der Waals surface area contributed by atoms with E-state index in [9.17, 15) is 31.7 Å². The number of thiophene rings is 1. The van der Waals surface area contributed by atoms with E-state index in [2.05, 4.69) is 5.32 Å². The molecular formula is C13H12ClF3N2O5S2. The van der Waals surface area contributed by atoms with Gasteiger partial charge in [0.1, 0.15) is 0 Å². The smallest absolute Gasteiger partial charge is 0.316 e. The van der Waals surface area contributed by atoms with Gasteiger partial charge in [-0.3, -0.25) is 14.7 Å². The number of nitrogens with one attached hydrogen (secondary N) is 1. The molecule has 0 fully saturated rings. The maximum absolute atomic E-state index is 12.1. The normalized spacial score (nSPS) is 11.6. The van der Waals surface area contributed by atoms with Gasteiger partial charge in [0.15, 0.2) is 8.55 Å². The van der Waals surface area contributed by atoms with Crippen LogP contribution in [-0.4, -0.2) is 24.9 Å². The lowest BCUT2D eigenvalue weighted by Crippen LogP contribution is -2.07. The summed E-state index contributed by atoms with van der Waals surface area (Å²) in [5, 5.41) is 13.1. The molecule has 0 saturated heterocycles. The molecule has 0 spiro atoms. The van der Waals surface area contributed by atoms with Gasteiger partial charge in [0, 0.05) is 12.6 Å². The highest BCUT2D eigenvalue weighted by atomic mass is 35.5. The number of hydrogen-bond acceptors (Lipinski definition) is 6. The molecule has 0 radical (unpaired) electrons. The molecule has 0 saturated carbocycles. The molecule has 2 aromatic rings. The molecule has 0 atom stereocenters. The Labute approximate surface area is 155 Å². The van der Waals surface area contributed by atoms with Gasteiger partial charge in [-0.1, -0.05) is 23.7 Å². The standard InChI is InChI=1S/C9H10F3N.C4H2ClNO5S2/c1-13-6-7-2-4-8(5-3-7)9(10,11)12;5-4-2(6(7)8)1-3(12-4)13(9,10)11/h2-5,13H,6H2,1H3;1H,(H,9,10,11). The van der Waals surface area contributed by atoms with Crippen LogP contribution in [0.3, 0.4) is 0 Å². The van der Waals surface area contributed by atoms with Crippen LogP contribution in [0.5, 0.6) is 0 Å². The molecule has 0 unspecified atom stereocenters. The van der Waals surface area contributed by atoms with Gasteiger partial charge < -0.3 is 5.32 Å². The number of benzene rings is 1. The first kappa shape index (κ1) is 22.3. The van der Waals surface area contributed by atoms with Crippen molar-refractivity contribution >= 4 is 38.7 Å². The zero-order valence-electron chi connectivity index (χ0n) is 12.9. The molecule has 2 N–H and O–H groups in total. The molecule has 0 aliphatic heterocycles. The highest BCUT2D eigenvalue weighted by Crippen LogP contribution is 2.35. The van der Waals surface area contributed by atoms with Crippen LogP contribution in [0.15, 0.2) is 34.5 Å². The van der Waals surface area contributed by atoms with Gasteiger partial charge in [0.25, 0.3) is 5.69 Å². The predicted octanol–water partition coefficient (Wildman–Crippen LogP) is 3.98. The topological polar surface area (TPSA) is 110 Å². The lowest BCUT2D eigenvalue weighted by Gasteiger charge is -2.06. The number of rotatable bonds is 4. The summed E-state index contributed by atoms with van der Waals surface area (Å²) in [5.74, 6) is 0. The van der Waals surface area contributed by atoms with Crippen molar-refractivity contribution in [2.24, 2.45) is 0 Å². The van der Waals surface area contributed by atoms with Crippen LogP contribution in [0.4, 0.5) is 18.9 Å². The van der Waals surface area contributed by atoms with E-state index >= 15 is 0 Å². The molecule has 0 aliphatic carbocycles. The molecule has 2 rings (SSSR count). The average Bonchev–Trinajstić information content (AvgIpc) is 2.90. The second kappa shape index (κ2) is 8.77. The Morgan fingerprint density at radius 2 is 1.85 bits per heavy atom. The summed E-state index contributed by atoms with van der Waals surface area (Å²) in [7, 11) is -2.66. The SMILES string of the molecule is CNCc1ccc(C(F)(F)F)cc1.O=[N+]([O-])c1cc(S(=O)(=O)O)sc1Cl. The average molecular weight is 433 g/mol. The van der Waals surface area contributed by atoms with E-state index in [0.29, 0.717) is 23.9 Å². The Kier molecular flexibility index (Phi) is 7.53. The predicted molar refractivity (Wildman–Crippen MR) is 90.0 cm³/mol. The first-order chi connectivity index (χ1) is 11.9. The fourth-order valence-corrected chi connectivity index (χ4v) is 3.63. The third kappa shape index (κ3) is 6.53. The third-order valence-corrected chi connectivity index (χ3v) is 5.40. The Morgan fingerprint density at radius 3 is 2.15 bits per heavy atom. The fourth-order valence-electron chi connectivity index (χ4n) is 1.61. The Bertz CT molecular complexity index is 867. The molecular weight excluding hydrogens is 421 g/mol. The largest absolute Gasteiger partial charge is 0.416 e. The van der Waals surface area contributed by atoms with Crippen LogP contribution in [-0.2, 0) is 22.8 Å². The minimum atomic E-state index is -4.41.